The van der Waals surface area contributed by atoms with Gasteiger partial charge in [-0.15, -0.1) is 0 Å². The van der Waals surface area contributed by atoms with E-state index in [1.165, 1.54) is 0 Å². The number of hydrogen-bond acceptors (Lipinski definition) is 4. The van der Waals surface area contributed by atoms with Crippen molar-refractivity contribution >= 4 is 5.91 Å². The molecule has 1 aromatic rings. The Morgan fingerprint density at radius 3 is 3.10 bits per heavy atom. The molecule has 3 heterocycles. The molecular formula is C15H20N2O3. The van der Waals surface area contributed by atoms with E-state index in [9.17, 15) is 4.79 Å². The predicted molar refractivity (Wildman–Crippen MR) is 73.6 cm³/mol. The summed E-state index contributed by atoms with van der Waals surface area (Å²) in [5, 5.41) is 0. The molecule has 5 heteroatoms. The summed E-state index contributed by atoms with van der Waals surface area (Å²) < 4.78 is 11.3. The molecule has 0 bridgehead atoms. The van der Waals surface area contributed by atoms with E-state index in [0.717, 1.165) is 25.1 Å². The first kappa shape index (κ1) is 13.5. The number of amides is 1. The summed E-state index contributed by atoms with van der Waals surface area (Å²) in [7, 11) is 1.71. The van der Waals surface area contributed by atoms with E-state index in [2.05, 4.69) is 4.98 Å². The number of aromatic nitrogens is 1. The lowest BCUT2D eigenvalue weighted by atomic mass is 9.98. The first-order valence-electron chi connectivity index (χ1n) is 7.02. The van der Waals surface area contributed by atoms with Crippen LogP contribution in [0.15, 0.2) is 18.2 Å². The molecule has 0 N–H and O–H groups in total. The van der Waals surface area contributed by atoms with Gasteiger partial charge >= 0.3 is 0 Å². The summed E-state index contributed by atoms with van der Waals surface area (Å²) in [6.45, 7) is 3.89. The Balaban J connectivity index is 1.70. The second-order valence-corrected chi connectivity index (χ2v) is 5.70. The second kappa shape index (κ2) is 5.14. The summed E-state index contributed by atoms with van der Waals surface area (Å²) in [6, 6.07) is 5.54. The minimum Gasteiger partial charge on any atom is -0.379 e. The van der Waals surface area contributed by atoms with Crippen molar-refractivity contribution in [2.45, 2.75) is 31.5 Å². The lowest BCUT2D eigenvalue weighted by Crippen LogP contribution is -2.36. The third-order valence-electron chi connectivity index (χ3n) is 4.22. The van der Waals surface area contributed by atoms with E-state index < -0.39 is 0 Å². The van der Waals surface area contributed by atoms with Gasteiger partial charge in [-0.25, -0.2) is 4.98 Å². The molecule has 2 fully saturated rings. The molecule has 1 aromatic heterocycles. The zero-order chi connectivity index (χ0) is 14.2. The van der Waals surface area contributed by atoms with Gasteiger partial charge < -0.3 is 14.4 Å². The van der Waals surface area contributed by atoms with Gasteiger partial charge in [0.2, 0.25) is 0 Å². The molecule has 2 unspecified atom stereocenters. The molecule has 2 saturated heterocycles. The Morgan fingerprint density at radius 2 is 2.40 bits per heavy atom. The first-order valence-corrected chi connectivity index (χ1v) is 7.02. The number of hydrogen-bond donors (Lipinski definition) is 0. The van der Waals surface area contributed by atoms with Crippen LogP contribution in [0.25, 0.3) is 0 Å². The minimum atomic E-state index is -0.208. The maximum Gasteiger partial charge on any atom is 0.272 e. The Morgan fingerprint density at radius 1 is 1.55 bits per heavy atom. The molecule has 1 spiro atoms. The van der Waals surface area contributed by atoms with Gasteiger partial charge in [-0.3, -0.25) is 4.79 Å². The fourth-order valence-corrected chi connectivity index (χ4v) is 3.08. The molecule has 1 amide bonds. The van der Waals surface area contributed by atoms with E-state index in [-0.39, 0.29) is 17.6 Å². The van der Waals surface area contributed by atoms with Crippen LogP contribution in [-0.2, 0) is 9.47 Å². The number of pyridine rings is 1. The molecule has 108 valence electrons. The maximum atomic E-state index is 12.5. The fraction of sp³-hybridized carbons (Fsp3) is 0.600. The van der Waals surface area contributed by atoms with Crippen LogP contribution in [0.2, 0.25) is 0 Å². The van der Waals surface area contributed by atoms with Gasteiger partial charge in [-0.05, 0) is 25.5 Å². The Hall–Kier alpha value is -1.46. The van der Waals surface area contributed by atoms with Gasteiger partial charge in [0.25, 0.3) is 5.91 Å². The topological polar surface area (TPSA) is 51.7 Å². The standard InChI is InChI=1S/C15H20N2O3/c1-11-4-3-5-13(16-11)14(18)17-7-6-15(10-17)8-12(19-2)9-20-15/h3-5,12H,6-10H2,1-2H3. The van der Waals surface area contributed by atoms with Crippen LogP contribution in [0.3, 0.4) is 0 Å². The Bertz CT molecular complexity index is 520. The van der Waals surface area contributed by atoms with Crippen LogP contribution >= 0.6 is 0 Å². The van der Waals surface area contributed by atoms with Crippen molar-refractivity contribution in [3.8, 4) is 0 Å². The third-order valence-corrected chi connectivity index (χ3v) is 4.22. The number of nitrogens with zero attached hydrogens (tertiary/aromatic N) is 2. The van der Waals surface area contributed by atoms with Crippen molar-refractivity contribution in [1.29, 1.82) is 0 Å². The number of rotatable bonds is 2. The number of likely N-dealkylation sites (tertiary alicyclic amines) is 1. The molecule has 2 atom stereocenters. The fourth-order valence-electron chi connectivity index (χ4n) is 3.08. The number of carbonyl (C=O) groups is 1. The van der Waals surface area contributed by atoms with Gasteiger partial charge in [-0.2, -0.15) is 0 Å². The highest BCUT2D eigenvalue weighted by molar-refractivity contribution is 5.92. The van der Waals surface area contributed by atoms with Crippen molar-refractivity contribution in [1.82, 2.24) is 9.88 Å². The molecule has 0 radical (unpaired) electrons. The van der Waals surface area contributed by atoms with Crippen molar-refractivity contribution in [2.24, 2.45) is 0 Å². The smallest absolute Gasteiger partial charge is 0.272 e. The molecule has 2 aliphatic heterocycles. The van der Waals surface area contributed by atoms with E-state index in [1.54, 1.807) is 13.2 Å². The highest BCUT2D eigenvalue weighted by atomic mass is 16.6. The van der Waals surface area contributed by atoms with Gasteiger partial charge in [0.15, 0.2) is 0 Å². The number of carbonyl (C=O) groups excluding carboxylic acids is 1. The van der Waals surface area contributed by atoms with Gasteiger partial charge in [0, 0.05) is 25.8 Å². The summed E-state index contributed by atoms with van der Waals surface area (Å²) in [5.74, 6) is -0.00459. The van der Waals surface area contributed by atoms with Crippen LogP contribution < -0.4 is 0 Å². The van der Waals surface area contributed by atoms with Crippen LogP contribution in [0.4, 0.5) is 0 Å². The monoisotopic (exact) mass is 276 g/mol. The van der Waals surface area contributed by atoms with Crippen LogP contribution in [-0.4, -0.2) is 54.3 Å². The Kier molecular flexibility index (Phi) is 3.48. The summed E-state index contributed by atoms with van der Waals surface area (Å²) in [6.07, 6.45) is 1.90. The van der Waals surface area contributed by atoms with E-state index in [4.69, 9.17) is 9.47 Å². The molecule has 3 rings (SSSR count). The average Bonchev–Trinajstić information content (AvgIpc) is 3.06. The molecule has 0 saturated carbocycles. The Labute approximate surface area is 118 Å². The summed E-state index contributed by atoms with van der Waals surface area (Å²) in [5.41, 5.74) is 1.17. The SMILES string of the molecule is COC1COC2(CCN(C(=O)c3cccc(C)n3)C2)C1. The van der Waals surface area contributed by atoms with Gasteiger partial charge in [0.1, 0.15) is 5.69 Å². The van der Waals surface area contributed by atoms with E-state index in [0.29, 0.717) is 18.8 Å². The molecule has 0 aromatic carbocycles. The van der Waals surface area contributed by atoms with E-state index >= 15 is 0 Å². The van der Waals surface area contributed by atoms with Crippen LogP contribution in [0, 0.1) is 6.92 Å². The summed E-state index contributed by atoms with van der Waals surface area (Å²) >= 11 is 0. The molecule has 5 nitrogen and oxygen atoms in total. The van der Waals surface area contributed by atoms with Crippen molar-refractivity contribution in [3.63, 3.8) is 0 Å². The average molecular weight is 276 g/mol. The number of methoxy groups -OCH3 is 1. The summed E-state index contributed by atoms with van der Waals surface area (Å²) in [4.78, 5) is 18.6. The van der Waals surface area contributed by atoms with E-state index in [1.807, 2.05) is 24.0 Å². The van der Waals surface area contributed by atoms with Crippen LogP contribution in [0.1, 0.15) is 29.0 Å². The third kappa shape index (κ3) is 2.43. The molecule has 2 aliphatic rings. The van der Waals surface area contributed by atoms with Crippen molar-refractivity contribution in [2.75, 3.05) is 26.8 Å². The maximum absolute atomic E-state index is 12.5. The lowest BCUT2D eigenvalue weighted by Gasteiger charge is -2.23. The zero-order valence-electron chi connectivity index (χ0n) is 12.0. The predicted octanol–water partition coefficient (Wildman–Crippen LogP) is 1.41. The highest BCUT2D eigenvalue weighted by Gasteiger charge is 2.47. The lowest BCUT2D eigenvalue weighted by molar-refractivity contribution is 0.00697. The molecule has 20 heavy (non-hydrogen) atoms. The highest BCUT2D eigenvalue weighted by Crippen LogP contribution is 2.36. The minimum absolute atomic E-state index is 0.00459. The van der Waals surface area contributed by atoms with Gasteiger partial charge in [0.05, 0.1) is 24.9 Å². The molecular weight excluding hydrogens is 256 g/mol. The second-order valence-electron chi connectivity index (χ2n) is 5.70. The number of ether oxygens (including phenoxy) is 2. The van der Waals surface area contributed by atoms with Gasteiger partial charge in [-0.1, -0.05) is 6.07 Å². The molecule has 0 aliphatic carbocycles. The quantitative estimate of drug-likeness (QED) is 0.819. The van der Waals surface area contributed by atoms with Crippen LogP contribution in [0.5, 0.6) is 0 Å². The number of aryl methyl sites for hydroxylation is 1. The first-order chi connectivity index (χ1) is 9.62. The normalized spacial score (nSPS) is 29.3. The van der Waals surface area contributed by atoms with Crippen molar-refractivity contribution < 1.29 is 14.3 Å². The van der Waals surface area contributed by atoms with Crippen molar-refractivity contribution in [3.05, 3.63) is 29.6 Å². The zero-order valence-corrected chi connectivity index (χ0v) is 12.0. The largest absolute Gasteiger partial charge is 0.379 e.